The van der Waals surface area contributed by atoms with Gasteiger partial charge in [-0.3, -0.25) is 4.98 Å². The van der Waals surface area contributed by atoms with Gasteiger partial charge in [0.2, 0.25) is 0 Å². The number of aromatic nitrogens is 5. The van der Waals surface area contributed by atoms with Gasteiger partial charge < -0.3 is 8.98 Å². The molecule has 0 bridgehead atoms. The van der Waals surface area contributed by atoms with Gasteiger partial charge in [-0.1, -0.05) is 182 Å². The third-order valence-electron chi connectivity index (χ3n) is 12.9. The van der Waals surface area contributed by atoms with E-state index in [2.05, 4.69) is 174 Å². The van der Waals surface area contributed by atoms with Crippen LogP contribution in [0.15, 0.2) is 241 Å². The van der Waals surface area contributed by atoms with E-state index in [1.807, 2.05) is 66.9 Å². The molecule has 0 unspecified atom stereocenters. The van der Waals surface area contributed by atoms with Gasteiger partial charge in [-0.05, 0) is 76.3 Å². The van der Waals surface area contributed by atoms with Crippen molar-refractivity contribution in [3.05, 3.63) is 237 Å². The van der Waals surface area contributed by atoms with Crippen molar-refractivity contribution in [3.8, 4) is 84.5 Å². The largest absolute Gasteiger partial charge is 0.456 e. The lowest BCUT2D eigenvalue weighted by atomic mass is 9.87. The van der Waals surface area contributed by atoms with Crippen molar-refractivity contribution in [1.82, 2.24) is 24.5 Å². The molecule has 68 heavy (non-hydrogen) atoms. The fourth-order valence-corrected chi connectivity index (χ4v) is 9.84. The van der Waals surface area contributed by atoms with Crippen LogP contribution >= 0.6 is 0 Å². The van der Waals surface area contributed by atoms with Crippen LogP contribution in [-0.2, 0) is 0 Å². The van der Waals surface area contributed by atoms with Crippen LogP contribution in [0.3, 0.4) is 0 Å². The van der Waals surface area contributed by atoms with Crippen LogP contribution in [0.25, 0.3) is 128 Å². The fourth-order valence-electron chi connectivity index (χ4n) is 9.84. The Bertz CT molecular complexity index is 3880. The Morgan fingerprint density at radius 3 is 1.53 bits per heavy atom. The van der Waals surface area contributed by atoms with Crippen molar-refractivity contribution < 1.29 is 4.42 Å². The standard InChI is InChI=1S/C62H39N5O/c1-6-19-40(20-7-1)47-30-18-31-48(41-21-8-2-9-22-41)56(47)45-37-51(62-65-60(42-23-10-3-11-24-42)64-61(66-62)43-25-12-4-13-26-43)59(63-39-45)44-33-34-50-55(38-44)68-54-36-35-53-57(58(50)54)49-29-16-17-32-52(49)67(53)46-27-14-5-15-28-46/h1-39H. The van der Waals surface area contributed by atoms with Crippen molar-refractivity contribution in [2.24, 2.45) is 0 Å². The zero-order valence-corrected chi connectivity index (χ0v) is 36.7. The van der Waals surface area contributed by atoms with Crippen LogP contribution in [0, 0.1) is 0 Å². The highest BCUT2D eigenvalue weighted by atomic mass is 16.3. The zero-order valence-electron chi connectivity index (χ0n) is 36.7. The van der Waals surface area contributed by atoms with Crippen molar-refractivity contribution in [2.75, 3.05) is 0 Å². The summed E-state index contributed by atoms with van der Waals surface area (Å²) < 4.78 is 9.17. The third kappa shape index (κ3) is 6.66. The maximum atomic E-state index is 6.83. The van der Waals surface area contributed by atoms with Crippen LogP contribution in [0.2, 0.25) is 0 Å². The van der Waals surface area contributed by atoms with E-state index in [9.17, 15) is 0 Å². The summed E-state index contributed by atoms with van der Waals surface area (Å²) in [5.41, 5.74) is 15.6. The van der Waals surface area contributed by atoms with Gasteiger partial charge in [-0.2, -0.15) is 0 Å². The van der Waals surface area contributed by atoms with Gasteiger partial charge in [0.15, 0.2) is 17.5 Å². The van der Waals surface area contributed by atoms with Crippen LogP contribution in [-0.4, -0.2) is 24.5 Å². The molecule has 0 N–H and O–H groups in total. The second-order valence-corrected chi connectivity index (χ2v) is 17.0. The average molecular weight is 870 g/mol. The molecule has 0 amide bonds. The zero-order chi connectivity index (χ0) is 45.0. The summed E-state index contributed by atoms with van der Waals surface area (Å²) in [6.45, 7) is 0. The summed E-state index contributed by atoms with van der Waals surface area (Å²) in [6.07, 6.45) is 2.00. The minimum Gasteiger partial charge on any atom is -0.456 e. The molecule has 0 aliphatic rings. The molecule has 13 aromatic rings. The number of pyridine rings is 1. The maximum absolute atomic E-state index is 6.83. The van der Waals surface area contributed by atoms with E-state index in [4.69, 9.17) is 24.4 Å². The SMILES string of the molecule is c1ccc(-c2nc(-c3ccccc3)nc(-c3cc(-c4c(-c5ccccc5)cccc4-c4ccccc4)cnc3-c3ccc4c(c3)oc3ccc5c(c6ccccc6n5-c5ccccc5)c34)n2)cc1. The molecule has 318 valence electrons. The van der Waals surface area contributed by atoms with E-state index in [-0.39, 0.29) is 0 Å². The van der Waals surface area contributed by atoms with Gasteiger partial charge in [-0.25, -0.2) is 15.0 Å². The number of nitrogens with zero attached hydrogens (tertiary/aromatic N) is 5. The van der Waals surface area contributed by atoms with Gasteiger partial charge >= 0.3 is 0 Å². The van der Waals surface area contributed by atoms with E-state index in [0.717, 1.165) is 105 Å². The number of hydrogen-bond donors (Lipinski definition) is 0. The molecular weight excluding hydrogens is 831 g/mol. The lowest BCUT2D eigenvalue weighted by molar-refractivity contribution is 0.669. The van der Waals surface area contributed by atoms with E-state index < -0.39 is 0 Å². The molecule has 6 nitrogen and oxygen atoms in total. The molecule has 0 aliphatic heterocycles. The summed E-state index contributed by atoms with van der Waals surface area (Å²) in [4.78, 5) is 21.0. The molecule has 0 spiro atoms. The van der Waals surface area contributed by atoms with Crippen LogP contribution < -0.4 is 0 Å². The van der Waals surface area contributed by atoms with Crippen molar-refractivity contribution in [2.45, 2.75) is 0 Å². The Morgan fingerprint density at radius 2 is 0.897 bits per heavy atom. The fraction of sp³-hybridized carbons (Fsp3) is 0. The molecule has 0 aliphatic carbocycles. The quantitative estimate of drug-likeness (QED) is 0.152. The van der Waals surface area contributed by atoms with Crippen LogP contribution in [0.1, 0.15) is 0 Å². The molecule has 0 radical (unpaired) electrons. The molecule has 0 saturated heterocycles. The molecule has 0 saturated carbocycles. The molecule has 6 heteroatoms. The minimum atomic E-state index is 0.514. The average Bonchev–Trinajstić information content (AvgIpc) is 3.97. The Hall–Kier alpha value is -9.26. The first kappa shape index (κ1) is 39.1. The van der Waals surface area contributed by atoms with Crippen LogP contribution in [0.5, 0.6) is 0 Å². The normalized spacial score (nSPS) is 11.5. The number of benzene rings is 9. The summed E-state index contributed by atoms with van der Waals surface area (Å²) in [5.74, 6) is 1.67. The number of hydrogen-bond acceptors (Lipinski definition) is 5. The lowest BCUT2D eigenvalue weighted by Gasteiger charge is -2.18. The third-order valence-corrected chi connectivity index (χ3v) is 12.9. The van der Waals surface area contributed by atoms with Crippen LogP contribution in [0.4, 0.5) is 0 Å². The van der Waals surface area contributed by atoms with Gasteiger partial charge in [-0.15, -0.1) is 0 Å². The molecule has 9 aromatic carbocycles. The number of para-hydroxylation sites is 2. The van der Waals surface area contributed by atoms with E-state index >= 15 is 0 Å². The second-order valence-electron chi connectivity index (χ2n) is 17.0. The summed E-state index contributed by atoms with van der Waals surface area (Å²) >= 11 is 0. The predicted octanol–water partition coefficient (Wildman–Crippen LogP) is 15.9. The molecule has 13 rings (SSSR count). The summed E-state index contributed by atoms with van der Waals surface area (Å²) in [6, 6.07) is 79.9. The Morgan fingerprint density at radius 1 is 0.338 bits per heavy atom. The highest BCUT2D eigenvalue weighted by Crippen LogP contribution is 2.45. The Balaban J connectivity index is 1.07. The maximum Gasteiger partial charge on any atom is 0.166 e. The van der Waals surface area contributed by atoms with Gasteiger partial charge in [0.25, 0.3) is 0 Å². The highest BCUT2D eigenvalue weighted by Gasteiger charge is 2.23. The first-order valence-corrected chi connectivity index (χ1v) is 22.8. The van der Waals surface area contributed by atoms with Gasteiger partial charge in [0, 0.05) is 61.2 Å². The Kier molecular flexibility index (Phi) is 9.39. The van der Waals surface area contributed by atoms with Crippen molar-refractivity contribution in [3.63, 3.8) is 0 Å². The topological polar surface area (TPSA) is 69.6 Å². The molecule has 4 heterocycles. The minimum absolute atomic E-state index is 0.514. The van der Waals surface area contributed by atoms with E-state index in [1.165, 1.54) is 5.39 Å². The van der Waals surface area contributed by atoms with E-state index in [0.29, 0.717) is 17.5 Å². The molecule has 4 aromatic heterocycles. The molecule has 0 atom stereocenters. The summed E-state index contributed by atoms with van der Waals surface area (Å²) in [7, 11) is 0. The molecular formula is C62H39N5O. The number of furan rings is 1. The molecule has 0 fully saturated rings. The number of rotatable bonds is 8. The second kappa shape index (κ2) is 16.3. The first-order chi connectivity index (χ1) is 33.7. The van der Waals surface area contributed by atoms with Gasteiger partial charge in [0.1, 0.15) is 11.2 Å². The number of fused-ring (bicyclic) bond motifs is 7. The Labute approximate surface area is 392 Å². The lowest BCUT2D eigenvalue weighted by Crippen LogP contribution is -2.02. The smallest absolute Gasteiger partial charge is 0.166 e. The van der Waals surface area contributed by atoms with Gasteiger partial charge in [0.05, 0.1) is 16.7 Å². The highest BCUT2D eigenvalue weighted by molar-refractivity contribution is 6.27. The predicted molar refractivity (Wildman–Crippen MR) is 277 cm³/mol. The summed E-state index contributed by atoms with van der Waals surface area (Å²) in [5, 5.41) is 4.45. The first-order valence-electron chi connectivity index (χ1n) is 22.8. The van der Waals surface area contributed by atoms with Crippen molar-refractivity contribution >= 4 is 43.7 Å². The van der Waals surface area contributed by atoms with E-state index in [1.54, 1.807) is 0 Å². The monoisotopic (exact) mass is 869 g/mol. The van der Waals surface area contributed by atoms with Crippen molar-refractivity contribution in [1.29, 1.82) is 0 Å².